The number of methoxy groups -OCH3 is 1. The molecule has 0 aliphatic carbocycles. The van der Waals surface area contributed by atoms with Crippen molar-refractivity contribution in [1.82, 2.24) is 5.32 Å². The number of nitrogens with one attached hydrogen (secondary N) is 1. The van der Waals surface area contributed by atoms with Gasteiger partial charge in [-0.05, 0) is 41.5 Å². The highest BCUT2D eigenvalue weighted by atomic mass is 32.2. The molecule has 2 unspecified atom stereocenters. The fraction of sp³-hybridized carbons (Fsp3) is 0.263. The Morgan fingerprint density at radius 2 is 1.87 bits per heavy atom. The molecule has 1 aliphatic rings. The van der Waals surface area contributed by atoms with Crippen molar-refractivity contribution in [2.75, 3.05) is 7.11 Å². The first-order chi connectivity index (χ1) is 11.3. The molecule has 0 spiro atoms. The van der Waals surface area contributed by atoms with Gasteiger partial charge in [-0.15, -0.1) is 0 Å². The second-order valence-electron chi connectivity index (χ2n) is 5.62. The van der Waals surface area contributed by atoms with E-state index in [-0.39, 0.29) is 5.50 Å². The number of ether oxygens (including phenoxy) is 1. The quantitative estimate of drug-likeness (QED) is 0.847. The number of benzene rings is 2. The number of hydrogen-bond acceptors (Lipinski definition) is 4. The van der Waals surface area contributed by atoms with Crippen molar-refractivity contribution in [3.63, 3.8) is 0 Å². The highest BCUT2D eigenvalue weighted by Gasteiger charge is 2.22. The van der Waals surface area contributed by atoms with Crippen LogP contribution in [0.3, 0.4) is 0 Å². The van der Waals surface area contributed by atoms with Crippen molar-refractivity contribution < 1.29 is 4.74 Å². The fourth-order valence-corrected chi connectivity index (χ4v) is 3.58. The van der Waals surface area contributed by atoms with E-state index in [0.29, 0.717) is 5.92 Å². The second-order valence-corrected chi connectivity index (χ2v) is 6.64. The smallest absolute Gasteiger partial charge is 0.127 e. The molecule has 0 saturated carbocycles. The molecule has 2 aromatic carbocycles. The molecule has 0 aromatic heterocycles. The van der Waals surface area contributed by atoms with Gasteiger partial charge in [0.05, 0.1) is 7.11 Å². The Bertz CT molecular complexity index is 655. The minimum absolute atomic E-state index is 0.0394. The topological polar surface area (TPSA) is 47.3 Å². The van der Waals surface area contributed by atoms with Crippen LogP contribution < -0.4 is 15.8 Å². The Morgan fingerprint density at radius 3 is 2.48 bits per heavy atom. The van der Waals surface area contributed by atoms with Gasteiger partial charge in [-0.2, -0.15) is 0 Å². The van der Waals surface area contributed by atoms with Gasteiger partial charge in [-0.3, -0.25) is 0 Å². The van der Waals surface area contributed by atoms with Crippen LogP contribution in [0.25, 0.3) is 0 Å². The van der Waals surface area contributed by atoms with Gasteiger partial charge in [-0.1, -0.05) is 54.2 Å². The van der Waals surface area contributed by atoms with Crippen molar-refractivity contribution >= 4 is 11.8 Å². The van der Waals surface area contributed by atoms with Crippen LogP contribution in [0.1, 0.15) is 23.5 Å². The maximum Gasteiger partial charge on any atom is 0.127 e. The largest absolute Gasteiger partial charge is 0.497 e. The van der Waals surface area contributed by atoms with Crippen LogP contribution in [-0.2, 0) is 6.42 Å². The molecule has 3 rings (SSSR count). The van der Waals surface area contributed by atoms with Gasteiger partial charge in [-0.25, -0.2) is 0 Å². The Kier molecular flexibility index (Phi) is 5.26. The monoisotopic (exact) mass is 326 g/mol. The van der Waals surface area contributed by atoms with E-state index in [4.69, 9.17) is 10.5 Å². The number of nitrogens with two attached hydrogens (primary N) is 1. The van der Waals surface area contributed by atoms with Crippen LogP contribution in [0.2, 0.25) is 0 Å². The molecule has 1 aliphatic heterocycles. The van der Waals surface area contributed by atoms with E-state index in [1.165, 1.54) is 16.8 Å². The SMILES string of the molecule is COc1ccc(C(CCc2ccccc2)C2=CSC(N)N2)cc1. The lowest BCUT2D eigenvalue weighted by atomic mass is 9.90. The van der Waals surface area contributed by atoms with Gasteiger partial charge < -0.3 is 15.8 Å². The van der Waals surface area contributed by atoms with Gasteiger partial charge in [0.1, 0.15) is 11.2 Å². The summed E-state index contributed by atoms with van der Waals surface area (Å²) in [5.41, 5.74) is 9.80. The third-order valence-corrected chi connectivity index (χ3v) is 4.91. The minimum atomic E-state index is -0.0394. The number of allylic oxidation sites excluding steroid dienone is 1. The highest BCUT2D eigenvalue weighted by Crippen LogP contribution is 2.34. The standard InChI is InChI=1S/C19H22N2OS/c1-22-16-10-8-15(9-11-16)17(18-13-23-19(20)21-18)12-7-14-5-3-2-4-6-14/h2-6,8-11,13,17,19,21H,7,12,20H2,1H3. The summed E-state index contributed by atoms with van der Waals surface area (Å²) in [6, 6.07) is 18.9. The van der Waals surface area contributed by atoms with E-state index < -0.39 is 0 Å². The third-order valence-electron chi connectivity index (χ3n) is 4.11. The number of hydrogen-bond donors (Lipinski definition) is 2. The molecule has 3 N–H and O–H groups in total. The molecule has 3 nitrogen and oxygen atoms in total. The molecule has 4 heteroatoms. The molecule has 2 atom stereocenters. The number of thioether (sulfide) groups is 1. The van der Waals surface area contributed by atoms with Gasteiger partial charge in [0.15, 0.2) is 0 Å². The van der Waals surface area contributed by atoms with E-state index in [1.54, 1.807) is 18.9 Å². The summed E-state index contributed by atoms with van der Waals surface area (Å²) in [5.74, 6) is 1.21. The van der Waals surface area contributed by atoms with E-state index in [9.17, 15) is 0 Å². The predicted molar refractivity (Wildman–Crippen MR) is 97.3 cm³/mol. The Hall–Kier alpha value is -1.91. The normalized spacial score (nSPS) is 18.2. The lowest BCUT2D eigenvalue weighted by molar-refractivity contribution is 0.414. The Morgan fingerprint density at radius 1 is 1.13 bits per heavy atom. The lowest BCUT2D eigenvalue weighted by Crippen LogP contribution is -2.31. The first kappa shape index (κ1) is 16.0. The summed E-state index contributed by atoms with van der Waals surface area (Å²) in [5, 5.41) is 5.55. The van der Waals surface area contributed by atoms with E-state index in [1.807, 2.05) is 12.1 Å². The van der Waals surface area contributed by atoms with Crippen LogP contribution in [0.5, 0.6) is 5.75 Å². The zero-order valence-electron chi connectivity index (χ0n) is 13.2. The Balaban J connectivity index is 1.78. The van der Waals surface area contributed by atoms with Crippen LogP contribution >= 0.6 is 11.8 Å². The number of rotatable bonds is 6. The summed E-state index contributed by atoms with van der Waals surface area (Å²) in [6.45, 7) is 0. The van der Waals surface area contributed by atoms with E-state index in [2.05, 4.69) is 53.2 Å². The first-order valence-corrected chi connectivity index (χ1v) is 8.76. The highest BCUT2D eigenvalue weighted by molar-refractivity contribution is 8.02. The van der Waals surface area contributed by atoms with E-state index in [0.717, 1.165) is 18.6 Å². The molecule has 0 fully saturated rings. The van der Waals surface area contributed by atoms with Crippen molar-refractivity contribution in [3.05, 3.63) is 76.8 Å². The van der Waals surface area contributed by atoms with Crippen LogP contribution in [0, 0.1) is 0 Å². The van der Waals surface area contributed by atoms with Crippen LogP contribution in [0.4, 0.5) is 0 Å². The zero-order valence-corrected chi connectivity index (χ0v) is 14.1. The molecule has 2 aromatic rings. The second kappa shape index (κ2) is 7.57. The third kappa shape index (κ3) is 4.09. The molecular formula is C19H22N2OS. The van der Waals surface area contributed by atoms with Crippen molar-refractivity contribution in [3.8, 4) is 5.75 Å². The summed E-state index contributed by atoms with van der Waals surface area (Å²) in [7, 11) is 1.69. The predicted octanol–water partition coefficient (Wildman–Crippen LogP) is 3.83. The van der Waals surface area contributed by atoms with Crippen molar-refractivity contribution in [2.24, 2.45) is 5.73 Å². The molecule has 23 heavy (non-hydrogen) atoms. The van der Waals surface area contributed by atoms with Gasteiger partial charge >= 0.3 is 0 Å². The lowest BCUT2D eigenvalue weighted by Gasteiger charge is -2.21. The summed E-state index contributed by atoms with van der Waals surface area (Å²) >= 11 is 1.64. The van der Waals surface area contributed by atoms with E-state index >= 15 is 0 Å². The molecule has 0 saturated heterocycles. The summed E-state index contributed by atoms with van der Waals surface area (Å²) in [4.78, 5) is 0. The summed E-state index contributed by atoms with van der Waals surface area (Å²) < 4.78 is 5.27. The molecule has 0 amide bonds. The van der Waals surface area contributed by atoms with Crippen LogP contribution in [-0.4, -0.2) is 12.6 Å². The van der Waals surface area contributed by atoms with Crippen LogP contribution in [0.15, 0.2) is 65.7 Å². The van der Waals surface area contributed by atoms with Gasteiger partial charge in [0, 0.05) is 11.6 Å². The summed E-state index contributed by atoms with van der Waals surface area (Å²) in [6.07, 6.45) is 2.08. The fourth-order valence-electron chi connectivity index (χ4n) is 2.86. The molecule has 1 heterocycles. The average molecular weight is 326 g/mol. The molecule has 0 radical (unpaired) electrons. The minimum Gasteiger partial charge on any atom is -0.497 e. The maximum absolute atomic E-state index is 5.97. The maximum atomic E-state index is 5.97. The first-order valence-electron chi connectivity index (χ1n) is 7.82. The average Bonchev–Trinajstić information content (AvgIpc) is 3.03. The molecular weight excluding hydrogens is 304 g/mol. The zero-order chi connectivity index (χ0) is 16.1. The van der Waals surface area contributed by atoms with Crippen molar-refractivity contribution in [2.45, 2.75) is 24.3 Å². The number of aryl methyl sites for hydroxylation is 1. The molecule has 120 valence electrons. The Labute approximate surface area is 141 Å². The van der Waals surface area contributed by atoms with Gasteiger partial charge in [0.2, 0.25) is 0 Å². The van der Waals surface area contributed by atoms with Crippen molar-refractivity contribution in [1.29, 1.82) is 0 Å². The van der Waals surface area contributed by atoms with Gasteiger partial charge in [0.25, 0.3) is 0 Å². The molecule has 0 bridgehead atoms.